The van der Waals surface area contributed by atoms with E-state index in [2.05, 4.69) is 213 Å². The molecule has 0 bridgehead atoms. The van der Waals surface area contributed by atoms with Gasteiger partial charge in [0.25, 0.3) is 0 Å². The van der Waals surface area contributed by atoms with Crippen molar-refractivity contribution in [3.8, 4) is 44.5 Å². The Hall–Kier alpha value is -7.16. The quantitative estimate of drug-likeness (QED) is 0.169. The Labute approximate surface area is 332 Å². The average Bonchev–Trinajstić information content (AvgIpc) is 3.76. The summed E-state index contributed by atoms with van der Waals surface area (Å²) in [7, 11) is 0. The summed E-state index contributed by atoms with van der Waals surface area (Å²) in [6.45, 7) is 4.68. The van der Waals surface area contributed by atoms with Gasteiger partial charge in [0.05, 0.1) is 5.69 Å². The number of furan rings is 1. The lowest BCUT2D eigenvalue weighted by atomic mass is 9.81. The van der Waals surface area contributed by atoms with Crippen LogP contribution in [0.5, 0.6) is 0 Å². The van der Waals surface area contributed by atoms with Gasteiger partial charge in [-0.2, -0.15) is 0 Å². The molecular weight excluding hydrogens is 691 g/mol. The zero-order valence-corrected chi connectivity index (χ0v) is 31.9. The van der Waals surface area contributed by atoms with Gasteiger partial charge in [0.15, 0.2) is 5.58 Å². The fraction of sp³-hybridized carbons (Fsp3) is 0.0545. The van der Waals surface area contributed by atoms with Crippen LogP contribution >= 0.6 is 0 Å². The van der Waals surface area contributed by atoms with Gasteiger partial charge < -0.3 is 9.32 Å². The minimum absolute atomic E-state index is 0.0478. The molecule has 0 aliphatic heterocycles. The highest BCUT2D eigenvalue weighted by molar-refractivity contribution is 6.10. The first-order valence-electron chi connectivity index (χ1n) is 19.7. The van der Waals surface area contributed by atoms with Crippen LogP contribution in [0.1, 0.15) is 25.0 Å². The van der Waals surface area contributed by atoms with E-state index in [1.165, 1.54) is 66.4 Å². The van der Waals surface area contributed by atoms with Crippen molar-refractivity contribution < 1.29 is 4.42 Å². The topological polar surface area (TPSA) is 16.4 Å². The van der Waals surface area contributed by atoms with E-state index < -0.39 is 0 Å². The van der Waals surface area contributed by atoms with Gasteiger partial charge in [-0.25, -0.2) is 0 Å². The summed E-state index contributed by atoms with van der Waals surface area (Å²) in [4.78, 5) is 2.33. The molecule has 11 rings (SSSR count). The van der Waals surface area contributed by atoms with Crippen LogP contribution in [0.2, 0.25) is 0 Å². The highest BCUT2D eigenvalue weighted by Crippen LogP contribution is 2.50. The first-order valence-corrected chi connectivity index (χ1v) is 19.7. The highest BCUT2D eigenvalue weighted by Gasteiger charge is 2.35. The second-order valence-corrected chi connectivity index (χ2v) is 15.8. The van der Waals surface area contributed by atoms with Gasteiger partial charge >= 0.3 is 0 Å². The van der Waals surface area contributed by atoms with E-state index in [9.17, 15) is 0 Å². The number of rotatable bonds is 6. The van der Waals surface area contributed by atoms with E-state index >= 15 is 0 Å². The number of benzene rings is 9. The SMILES string of the molecule is CC1(C)c2ccccc2-c2ccc(-c3ccc(N(c4ccc(-c5cccc(-c6ccc7ccccc7c6)c5)cc4)c4cccc5c4oc4ccccc45)cc3)cc21. The van der Waals surface area contributed by atoms with Crippen molar-refractivity contribution >= 4 is 49.8 Å². The minimum atomic E-state index is -0.0478. The summed E-state index contributed by atoms with van der Waals surface area (Å²) < 4.78 is 6.62. The van der Waals surface area contributed by atoms with E-state index in [1.807, 2.05) is 6.07 Å². The lowest BCUT2D eigenvalue weighted by molar-refractivity contribution is 0.660. The third-order valence-corrected chi connectivity index (χ3v) is 12.1. The smallest absolute Gasteiger partial charge is 0.159 e. The van der Waals surface area contributed by atoms with Crippen molar-refractivity contribution in [1.29, 1.82) is 0 Å². The third-order valence-electron chi connectivity index (χ3n) is 12.1. The van der Waals surface area contributed by atoms with E-state index in [1.54, 1.807) is 0 Å². The summed E-state index contributed by atoms with van der Waals surface area (Å²) in [5.41, 5.74) is 17.5. The normalized spacial score (nSPS) is 12.9. The summed E-state index contributed by atoms with van der Waals surface area (Å²) in [6, 6.07) is 72.6. The molecule has 1 aliphatic carbocycles. The monoisotopic (exact) mass is 729 g/mol. The molecule has 10 aromatic rings. The van der Waals surface area contributed by atoms with Gasteiger partial charge in [0, 0.05) is 27.6 Å². The van der Waals surface area contributed by atoms with Crippen LogP contribution in [0.25, 0.3) is 77.2 Å². The lowest BCUT2D eigenvalue weighted by Gasteiger charge is -2.26. The number of fused-ring (bicyclic) bond motifs is 7. The van der Waals surface area contributed by atoms with Crippen LogP contribution in [0.3, 0.4) is 0 Å². The van der Waals surface area contributed by atoms with Gasteiger partial charge in [0.2, 0.25) is 0 Å². The molecule has 0 unspecified atom stereocenters. The second kappa shape index (κ2) is 13.0. The molecule has 9 aromatic carbocycles. The molecule has 0 N–H and O–H groups in total. The van der Waals surface area contributed by atoms with Crippen molar-refractivity contribution in [3.05, 3.63) is 211 Å². The zero-order valence-electron chi connectivity index (χ0n) is 31.9. The number of nitrogens with zero attached hydrogens (tertiary/aromatic N) is 1. The van der Waals surface area contributed by atoms with Crippen molar-refractivity contribution in [2.24, 2.45) is 0 Å². The molecule has 0 radical (unpaired) electrons. The molecule has 1 aliphatic rings. The summed E-state index contributed by atoms with van der Waals surface area (Å²) in [5.74, 6) is 0. The number of hydrogen-bond donors (Lipinski definition) is 0. The summed E-state index contributed by atoms with van der Waals surface area (Å²) in [6.07, 6.45) is 0. The molecule has 2 nitrogen and oxygen atoms in total. The Bertz CT molecular complexity index is 3150. The summed E-state index contributed by atoms with van der Waals surface area (Å²) >= 11 is 0. The van der Waals surface area contributed by atoms with Crippen LogP contribution in [-0.2, 0) is 5.41 Å². The van der Waals surface area contributed by atoms with Crippen LogP contribution < -0.4 is 4.90 Å². The van der Waals surface area contributed by atoms with Crippen LogP contribution in [0.4, 0.5) is 17.1 Å². The maximum absolute atomic E-state index is 6.62. The molecule has 57 heavy (non-hydrogen) atoms. The largest absolute Gasteiger partial charge is 0.454 e. The Morgan fingerprint density at radius 2 is 0.947 bits per heavy atom. The lowest BCUT2D eigenvalue weighted by Crippen LogP contribution is -2.14. The van der Waals surface area contributed by atoms with Crippen molar-refractivity contribution in [2.75, 3.05) is 4.90 Å². The predicted octanol–water partition coefficient (Wildman–Crippen LogP) is 15.5. The molecule has 1 heterocycles. The van der Waals surface area contributed by atoms with Crippen LogP contribution in [-0.4, -0.2) is 0 Å². The van der Waals surface area contributed by atoms with Gasteiger partial charge in [0.1, 0.15) is 5.58 Å². The Morgan fingerprint density at radius 3 is 1.74 bits per heavy atom. The predicted molar refractivity (Wildman–Crippen MR) is 240 cm³/mol. The molecule has 0 amide bonds. The number of para-hydroxylation sites is 2. The molecule has 0 atom stereocenters. The molecule has 0 spiro atoms. The van der Waals surface area contributed by atoms with E-state index in [4.69, 9.17) is 4.42 Å². The van der Waals surface area contributed by atoms with Gasteiger partial charge in [-0.3, -0.25) is 0 Å². The zero-order chi connectivity index (χ0) is 38.1. The van der Waals surface area contributed by atoms with Crippen molar-refractivity contribution in [2.45, 2.75) is 19.3 Å². The van der Waals surface area contributed by atoms with Crippen LogP contribution in [0, 0.1) is 0 Å². The highest BCUT2D eigenvalue weighted by atomic mass is 16.3. The second-order valence-electron chi connectivity index (χ2n) is 15.8. The molecule has 2 heteroatoms. The Kier molecular flexibility index (Phi) is 7.55. The fourth-order valence-corrected chi connectivity index (χ4v) is 9.07. The molecule has 0 saturated heterocycles. The average molecular weight is 730 g/mol. The summed E-state index contributed by atoms with van der Waals surface area (Å²) in [5, 5.41) is 4.73. The van der Waals surface area contributed by atoms with E-state index in [-0.39, 0.29) is 5.41 Å². The number of anilines is 3. The maximum Gasteiger partial charge on any atom is 0.159 e. The first-order chi connectivity index (χ1) is 28.0. The molecule has 270 valence electrons. The fourth-order valence-electron chi connectivity index (χ4n) is 9.07. The number of hydrogen-bond acceptors (Lipinski definition) is 2. The third kappa shape index (κ3) is 5.48. The standard InChI is InChI=1S/C55H39NO/c1-55(2)50-18-7-5-15-46(50)47-32-27-43(35-51(47)55)38-25-30-45(31-26-38)56(52-19-10-17-49-48-16-6-8-20-53(48)57-54(49)52)44-28-23-37(24-29-44)40-13-9-14-41(33-40)42-22-21-36-11-3-4-12-39(36)34-42/h3-35H,1-2H3. The molecule has 0 saturated carbocycles. The molecule has 1 aromatic heterocycles. The molecular formula is C55H39NO. The van der Waals surface area contributed by atoms with Crippen molar-refractivity contribution in [3.63, 3.8) is 0 Å². The maximum atomic E-state index is 6.62. The van der Waals surface area contributed by atoms with Crippen LogP contribution in [0.15, 0.2) is 205 Å². The Balaban J connectivity index is 0.983. The first kappa shape index (κ1) is 33.2. The van der Waals surface area contributed by atoms with E-state index in [0.717, 1.165) is 39.0 Å². The Morgan fingerprint density at radius 1 is 0.386 bits per heavy atom. The van der Waals surface area contributed by atoms with Gasteiger partial charge in [-0.1, -0.05) is 159 Å². The van der Waals surface area contributed by atoms with E-state index in [0.29, 0.717) is 0 Å². The van der Waals surface area contributed by atoms with Gasteiger partial charge in [-0.05, 0) is 121 Å². The van der Waals surface area contributed by atoms with Crippen molar-refractivity contribution in [1.82, 2.24) is 0 Å². The van der Waals surface area contributed by atoms with Gasteiger partial charge in [-0.15, -0.1) is 0 Å². The minimum Gasteiger partial charge on any atom is -0.454 e. The molecule has 0 fully saturated rings.